The quantitative estimate of drug-likeness (QED) is 0.178. The summed E-state index contributed by atoms with van der Waals surface area (Å²) < 4.78 is 16.1. The molecule has 0 heterocycles. The van der Waals surface area contributed by atoms with Gasteiger partial charge < -0.3 is 34.6 Å². The lowest BCUT2D eigenvalue weighted by atomic mass is 10.0. The molecule has 0 fully saturated rings. The molecule has 3 N–H and O–H groups in total. The van der Waals surface area contributed by atoms with Crippen molar-refractivity contribution in [3.8, 4) is 5.75 Å². The second-order valence-corrected chi connectivity index (χ2v) is 10.5. The van der Waals surface area contributed by atoms with Gasteiger partial charge in [0.15, 0.2) is 12.2 Å². The highest BCUT2D eigenvalue weighted by Gasteiger charge is 2.37. The minimum Gasteiger partial charge on any atom is -0.497 e. The Morgan fingerprint density at radius 2 is 1.64 bits per heavy atom. The Morgan fingerprint density at radius 3 is 2.33 bits per heavy atom. The van der Waals surface area contributed by atoms with Crippen molar-refractivity contribution in [2.45, 2.75) is 71.0 Å². The van der Waals surface area contributed by atoms with Crippen molar-refractivity contribution in [3.63, 3.8) is 0 Å². The number of aliphatic carboxylic acids is 2. The molecule has 0 saturated carbocycles. The lowest BCUT2D eigenvalue weighted by molar-refractivity contribution is -0.175. The number of rotatable bonds is 21. The second kappa shape index (κ2) is 18.7. The van der Waals surface area contributed by atoms with Gasteiger partial charge >= 0.3 is 11.9 Å². The average Bonchev–Trinajstić information content (AvgIpc) is 2.96. The first-order chi connectivity index (χ1) is 20.1. The number of amides is 1. The SMILES string of the molecule is COc1cccc(NCCCCCN(C)C(=O)C(OCCCCCc2ccc(C)c(C)c2)C(OCC(=O)O)C(=O)O)c1. The fraction of sp³-hybridized carbons (Fsp3) is 0.531. The average molecular weight is 587 g/mol. The van der Waals surface area contributed by atoms with E-state index in [0.29, 0.717) is 19.4 Å². The van der Waals surface area contributed by atoms with Crippen molar-refractivity contribution in [2.75, 3.05) is 45.8 Å². The number of ether oxygens (including phenoxy) is 3. The molecule has 0 bridgehead atoms. The Hall–Kier alpha value is -3.63. The summed E-state index contributed by atoms with van der Waals surface area (Å²) in [6, 6.07) is 14.1. The number of nitrogens with one attached hydrogen (secondary N) is 1. The fourth-order valence-corrected chi connectivity index (χ4v) is 4.46. The van der Waals surface area contributed by atoms with E-state index >= 15 is 0 Å². The number of methoxy groups -OCH3 is 1. The van der Waals surface area contributed by atoms with Crippen LogP contribution in [-0.2, 0) is 30.3 Å². The van der Waals surface area contributed by atoms with Gasteiger partial charge in [0.05, 0.1) is 7.11 Å². The lowest BCUT2D eigenvalue weighted by Crippen LogP contribution is -2.50. The summed E-state index contributed by atoms with van der Waals surface area (Å²) in [4.78, 5) is 37.6. The number of benzene rings is 2. The number of aryl methyl sites for hydroxylation is 3. The summed E-state index contributed by atoms with van der Waals surface area (Å²) in [5, 5.41) is 22.0. The highest BCUT2D eigenvalue weighted by Crippen LogP contribution is 2.17. The minimum atomic E-state index is -1.72. The molecule has 2 aromatic rings. The third kappa shape index (κ3) is 12.5. The number of carboxylic acid groups (broad SMARTS) is 2. The number of likely N-dealkylation sites (N-methyl/N-ethyl adjacent to an activating group) is 1. The molecule has 0 aliphatic heterocycles. The number of anilines is 1. The second-order valence-electron chi connectivity index (χ2n) is 10.5. The largest absolute Gasteiger partial charge is 0.497 e. The van der Waals surface area contributed by atoms with Crippen LogP contribution >= 0.6 is 0 Å². The third-order valence-electron chi connectivity index (χ3n) is 7.07. The first-order valence-electron chi connectivity index (χ1n) is 14.5. The number of hydrogen-bond donors (Lipinski definition) is 3. The number of nitrogens with zero attached hydrogens (tertiary/aromatic N) is 1. The molecule has 0 saturated heterocycles. The van der Waals surface area contributed by atoms with Gasteiger partial charge in [-0.3, -0.25) is 4.79 Å². The lowest BCUT2D eigenvalue weighted by Gasteiger charge is -2.27. The summed E-state index contributed by atoms with van der Waals surface area (Å²) in [5.41, 5.74) is 4.74. The van der Waals surface area contributed by atoms with Gasteiger partial charge in [-0.1, -0.05) is 30.7 Å². The molecule has 0 aliphatic rings. The van der Waals surface area contributed by atoms with Gasteiger partial charge in [-0.2, -0.15) is 0 Å². The van der Waals surface area contributed by atoms with Gasteiger partial charge in [0.1, 0.15) is 12.4 Å². The summed E-state index contributed by atoms with van der Waals surface area (Å²) in [6.45, 7) is 4.65. The van der Waals surface area contributed by atoms with E-state index < -0.39 is 36.7 Å². The van der Waals surface area contributed by atoms with Crippen LogP contribution in [0.3, 0.4) is 0 Å². The van der Waals surface area contributed by atoms with E-state index in [9.17, 15) is 19.5 Å². The van der Waals surface area contributed by atoms with Crippen molar-refractivity contribution in [2.24, 2.45) is 0 Å². The highest BCUT2D eigenvalue weighted by molar-refractivity contribution is 5.88. The zero-order valence-corrected chi connectivity index (χ0v) is 25.3. The number of carbonyl (C=O) groups is 3. The highest BCUT2D eigenvalue weighted by atomic mass is 16.6. The molecular weight excluding hydrogens is 540 g/mol. The van der Waals surface area contributed by atoms with Crippen molar-refractivity contribution >= 4 is 23.5 Å². The smallest absolute Gasteiger partial charge is 0.336 e. The summed E-state index contributed by atoms with van der Waals surface area (Å²) in [6.07, 6.45) is 2.57. The van der Waals surface area contributed by atoms with Crippen LogP contribution in [0.1, 0.15) is 55.2 Å². The maximum absolute atomic E-state index is 13.2. The molecule has 0 spiro atoms. The molecule has 232 valence electrons. The van der Waals surface area contributed by atoms with Gasteiger partial charge in [-0.25, -0.2) is 9.59 Å². The predicted molar refractivity (Wildman–Crippen MR) is 161 cm³/mol. The maximum Gasteiger partial charge on any atom is 0.336 e. The molecule has 0 radical (unpaired) electrons. The minimum absolute atomic E-state index is 0.160. The number of hydrogen-bond acceptors (Lipinski definition) is 7. The van der Waals surface area contributed by atoms with Crippen molar-refractivity contribution < 1.29 is 38.8 Å². The van der Waals surface area contributed by atoms with Gasteiger partial charge in [-0.05, 0) is 81.2 Å². The van der Waals surface area contributed by atoms with E-state index in [1.165, 1.54) is 21.6 Å². The molecule has 2 rings (SSSR count). The monoisotopic (exact) mass is 586 g/mol. The van der Waals surface area contributed by atoms with E-state index in [1.807, 2.05) is 24.3 Å². The van der Waals surface area contributed by atoms with E-state index in [1.54, 1.807) is 14.2 Å². The third-order valence-corrected chi connectivity index (χ3v) is 7.07. The van der Waals surface area contributed by atoms with Crippen LogP contribution in [0.15, 0.2) is 42.5 Å². The standard InChI is InChI=1S/C32H46N2O8/c1-23-15-16-25(20-24(23)2)12-7-5-10-19-41-29(30(32(38)39)42-22-28(35)36)31(37)34(3)18-9-6-8-17-33-26-13-11-14-27(21-26)40-4/h11,13-16,20-21,29-30,33H,5-10,12,17-19,22H2,1-4H3,(H,35,36)(H,38,39). The zero-order valence-electron chi connectivity index (χ0n) is 25.3. The number of unbranched alkanes of at least 4 members (excludes halogenated alkanes) is 4. The summed E-state index contributed by atoms with van der Waals surface area (Å²) in [7, 11) is 3.21. The van der Waals surface area contributed by atoms with Gasteiger partial charge in [0.25, 0.3) is 5.91 Å². The van der Waals surface area contributed by atoms with Crippen LogP contribution in [-0.4, -0.2) is 85.6 Å². The number of carboxylic acids is 2. The van der Waals surface area contributed by atoms with E-state index in [4.69, 9.17) is 19.3 Å². The van der Waals surface area contributed by atoms with Gasteiger partial charge in [0, 0.05) is 38.5 Å². The molecule has 0 aliphatic carbocycles. The predicted octanol–water partition coefficient (Wildman–Crippen LogP) is 4.71. The molecule has 2 unspecified atom stereocenters. The molecular formula is C32H46N2O8. The van der Waals surface area contributed by atoms with Crippen LogP contribution in [0.4, 0.5) is 5.69 Å². The Kier molecular flexibility index (Phi) is 15.4. The molecule has 1 amide bonds. The zero-order chi connectivity index (χ0) is 30.9. The van der Waals surface area contributed by atoms with E-state index in [-0.39, 0.29) is 6.61 Å². The van der Waals surface area contributed by atoms with Gasteiger partial charge in [0.2, 0.25) is 0 Å². The normalized spacial score (nSPS) is 12.4. The summed E-state index contributed by atoms with van der Waals surface area (Å²) in [5.74, 6) is -2.53. The first-order valence-corrected chi connectivity index (χ1v) is 14.5. The number of carbonyl (C=O) groups excluding carboxylic acids is 1. The topological polar surface area (TPSA) is 135 Å². The molecule has 10 heteroatoms. The Labute approximate surface area is 249 Å². The van der Waals surface area contributed by atoms with E-state index in [0.717, 1.165) is 50.1 Å². The van der Waals surface area contributed by atoms with Crippen LogP contribution in [0, 0.1) is 13.8 Å². The van der Waals surface area contributed by atoms with Gasteiger partial charge in [-0.15, -0.1) is 0 Å². The molecule has 42 heavy (non-hydrogen) atoms. The summed E-state index contributed by atoms with van der Waals surface area (Å²) >= 11 is 0. The van der Waals surface area contributed by atoms with Crippen LogP contribution in [0.5, 0.6) is 5.75 Å². The molecule has 2 atom stereocenters. The van der Waals surface area contributed by atoms with Crippen molar-refractivity contribution in [3.05, 3.63) is 59.2 Å². The van der Waals surface area contributed by atoms with Crippen molar-refractivity contribution in [1.29, 1.82) is 0 Å². The van der Waals surface area contributed by atoms with Crippen LogP contribution in [0.2, 0.25) is 0 Å². The molecule has 10 nitrogen and oxygen atoms in total. The van der Waals surface area contributed by atoms with Crippen LogP contribution < -0.4 is 10.1 Å². The Morgan fingerprint density at radius 1 is 0.881 bits per heavy atom. The van der Waals surface area contributed by atoms with E-state index in [2.05, 4.69) is 37.4 Å². The Balaban J connectivity index is 1.83. The maximum atomic E-state index is 13.2. The fourth-order valence-electron chi connectivity index (χ4n) is 4.46. The molecule has 0 aromatic heterocycles. The first kappa shape index (κ1) is 34.6. The molecule has 2 aromatic carbocycles. The van der Waals surface area contributed by atoms with Crippen molar-refractivity contribution in [1.82, 2.24) is 4.90 Å². The Bertz CT molecular complexity index is 1140. The van der Waals surface area contributed by atoms with Crippen LogP contribution in [0.25, 0.3) is 0 Å².